The molecular weight excluding hydrogens is 1110 g/mol. The number of ketones is 2. The van der Waals surface area contributed by atoms with Crippen molar-refractivity contribution < 1.29 is 66.0 Å². The zero-order valence-corrected chi connectivity index (χ0v) is 49.2. The van der Waals surface area contributed by atoms with Crippen molar-refractivity contribution in [1.82, 2.24) is 9.80 Å². The summed E-state index contributed by atoms with van der Waals surface area (Å²) in [6, 6.07) is 6.60. The van der Waals surface area contributed by atoms with Crippen molar-refractivity contribution in [1.29, 1.82) is 0 Å². The minimum Gasteiger partial charge on any atom is -0.497 e. The van der Waals surface area contributed by atoms with Gasteiger partial charge in [0.2, 0.25) is 7.59 Å². The van der Waals surface area contributed by atoms with E-state index in [1.54, 1.807) is 12.1 Å². The van der Waals surface area contributed by atoms with Gasteiger partial charge >= 0.3 is 12.2 Å². The normalized spacial score (nSPS) is 22.9. The first-order valence-corrected chi connectivity index (χ1v) is 31.4. The number of halogens is 6. The standard InChI is InChI=1S/C47H62Cl6N4O14Si2/c1-44(2,3)72(9,10)70-40-34-36(32(58)22-54(34)38(60)28-20-26(64-7)14-16-30(28)56(40)42(62)68-24-46(48,49)50)66-18-13-19-67-37-33(59)23-55-35(37)41(71-73(11,12)45(4,5)6)57(43(63)69-25-47(51,52)53)31-17-15-27(65-8)21-29(31)39(55)61/h14-17,20-21,34-37,40-41H,13,18-19,22-25H2,1-12H3/t34-,35-,36?,37?,40-,41-/m0/s1. The highest BCUT2D eigenvalue weighted by Crippen LogP contribution is 2.46. The Hall–Kier alpha value is -3.13. The molecule has 0 N–H and O–H groups in total. The minimum absolute atomic E-state index is 0.0146. The van der Waals surface area contributed by atoms with Gasteiger partial charge in [0.25, 0.3) is 11.8 Å². The van der Waals surface area contributed by atoms with Gasteiger partial charge in [-0.1, -0.05) is 111 Å². The Morgan fingerprint density at radius 3 is 1.23 bits per heavy atom. The molecule has 2 aromatic carbocycles. The summed E-state index contributed by atoms with van der Waals surface area (Å²) in [7, 11) is -2.97. The quantitative estimate of drug-likeness (QED) is 0.0987. The number of alkyl halides is 6. The highest BCUT2D eigenvalue weighted by Gasteiger charge is 2.59. The summed E-state index contributed by atoms with van der Waals surface area (Å²) >= 11 is 36.2. The molecule has 4 amide bonds. The number of amides is 4. The van der Waals surface area contributed by atoms with Crippen LogP contribution in [-0.2, 0) is 37.4 Å². The van der Waals surface area contributed by atoms with Crippen LogP contribution in [0.4, 0.5) is 21.0 Å². The number of ether oxygens (including phenoxy) is 6. The van der Waals surface area contributed by atoms with Crippen LogP contribution in [0.25, 0.3) is 0 Å². The minimum atomic E-state index is -2.91. The SMILES string of the molecule is COc1ccc2c(c1)C(=O)N1CC(=O)C(OCCCOC3C(=O)CN4C(=O)c5cc(OC)ccc5N(C(=O)OCC(Cl)(Cl)Cl)[C@@H](O[Si](C)(C)C(C)(C)C)[C@H]34)[C@H]1[C@H](O[Si](C)(C)C(C)(C)C)N2C(=O)OCC(Cl)(Cl)Cl. The molecule has 18 nitrogen and oxygen atoms in total. The molecular formula is C47H62Cl6N4O14Si2. The third-order valence-corrected chi connectivity index (χ3v) is 23.6. The Kier molecular flexibility index (Phi) is 17.9. The summed E-state index contributed by atoms with van der Waals surface area (Å²) in [5, 5.41) is -0.885. The third kappa shape index (κ3) is 12.8. The molecule has 4 aliphatic heterocycles. The number of methoxy groups -OCH3 is 2. The van der Waals surface area contributed by atoms with E-state index >= 15 is 0 Å². The van der Waals surface area contributed by atoms with Crippen LogP contribution < -0.4 is 19.3 Å². The summed E-state index contributed by atoms with van der Waals surface area (Å²) in [6.45, 7) is 17.3. The zero-order valence-electron chi connectivity index (χ0n) is 42.7. The summed E-state index contributed by atoms with van der Waals surface area (Å²) in [4.78, 5) is 91.3. The fourth-order valence-corrected chi connectivity index (χ4v) is 11.0. The number of hydrogen-bond donors (Lipinski definition) is 0. The molecule has 0 saturated carbocycles. The Morgan fingerprint density at radius 2 is 0.932 bits per heavy atom. The molecule has 2 aromatic rings. The maximum atomic E-state index is 14.6. The average molecular weight is 1180 g/mol. The molecule has 0 aromatic heterocycles. The molecule has 6 rings (SSSR count). The first kappa shape index (κ1) is 59.1. The van der Waals surface area contributed by atoms with Gasteiger partial charge < -0.3 is 47.1 Å². The summed E-state index contributed by atoms with van der Waals surface area (Å²) in [6.07, 6.45) is -7.42. The van der Waals surface area contributed by atoms with Crippen LogP contribution in [0, 0.1) is 0 Å². The van der Waals surface area contributed by atoms with Gasteiger partial charge in [-0.25, -0.2) is 19.4 Å². The lowest BCUT2D eigenvalue weighted by Gasteiger charge is -2.45. The topological polar surface area (TPSA) is 189 Å². The summed E-state index contributed by atoms with van der Waals surface area (Å²) < 4.78 is 44.8. The number of anilines is 2. The van der Waals surface area contributed by atoms with Gasteiger partial charge in [-0.15, -0.1) is 0 Å². The molecule has 2 unspecified atom stereocenters. The van der Waals surface area contributed by atoms with Gasteiger partial charge in [0.15, 0.2) is 40.7 Å². The van der Waals surface area contributed by atoms with E-state index in [-0.39, 0.29) is 42.1 Å². The van der Waals surface area contributed by atoms with E-state index in [0.29, 0.717) is 11.5 Å². The second-order valence-electron chi connectivity index (χ2n) is 21.1. The molecule has 0 bridgehead atoms. The van der Waals surface area contributed by atoms with Crippen LogP contribution in [0.1, 0.15) is 68.7 Å². The van der Waals surface area contributed by atoms with Crippen LogP contribution >= 0.6 is 69.6 Å². The van der Waals surface area contributed by atoms with Crippen LogP contribution in [-0.4, -0.2) is 160 Å². The molecule has 6 atom stereocenters. The number of Topliss-reactive ketones (excluding diaryl/α,β-unsaturated/α-hetero) is 2. The van der Waals surface area contributed by atoms with E-state index < -0.39 is 133 Å². The first-order valence-electron chi connectivity index (χ1n) is 23.3. The zero-order chi connectivity index (χ0) is 54.6. The number of nitrogens with zero attached hydrogens (tertiary/aromatic N) is 4. The van der Waals surface area contributed by atoms with Crippen molar-refractivity contribution in [3.8, 4) is 11.5 Å². The first-order chi connectivity index (χ1) is 33.6. The van der Waals surface area contributed by atoms with Crippen LogP contribution in [0.5, 0.6) is 11.5 Å². The molecule has 2 saturated heterocycles. The molecule has 73 heavy (non-hydrogen) atoms. The third-order valence-electron chi connectivity index (χ3n) is 14.1. The second-order valence-corrected chi connectivity index (χ2v) is 35.6. The highest BCUT2D eigenvalue weighted by atomic mass is 35.6. The lowest BCUT2D eigenvalue weighted by Crippen LogP contribution is -2.61. The van der Waals surface area contributed by atoms with Gasteiger partial charge in [0.05, 0.1) is 49.8 Å². The lowest BCUT2D eigenvalue weighted by atomic mass is 10.1. The van der Waals surface area contributed by atoms with Crippen LogP contribution in [0.2, 0.25) is 36.3 Å². The van der Waals surface area contributed by atoms with Gasteiger partial charge in [-0.2, -0.15) is 0 Å². The number of carbonyl (C=O) groups is 6. The van der Waals surface area contributed by atoms with Crippen molar-refractivity contribution >= 4 is 133 Å². The van der Waals surface area contributed by atoms with E-state index in [0.717, 1.165) is 9.80 Å². The highest BCUT2D eigenvalue weighted by molar-refractivity contribution is 6.74. The molecule has 0 aliphatic carbocycles. The van der Waals surface area contributed by atoms with Crippen molar-refractivity contribution in [2.45, 2.75) is 129 Å². The van der Waals surface area contributed by atoms with Crippen molar-refractivity contribution in [2.75, 3.05) is 63.5 Å². The Labute approximate surface area is 457 Å². The van der Waals surface area contributed by atoms with E-state index in [2.05, 4.69) is 0 Å². The second kappa shape index (κ2) is 22.1. The van der Waals surface area contributed by atoms with Gasteiger partial charge in [0.1, 0.15) is 49.0 Å². The van der Waals surface area contributed by atoms with E-state index in [9.17, 15) is 28.8 Å². The Bertz CT molecular complexity index is 2300. The molecule has 0 radical (unpaired) electrons. The number of fused-ring (bicyclic) bond motifs is 4. The van der Waals surface area contributed by atoms with E-state index in [4.69, 9.17) is 107 Å². The Morgan fingerprint density at radius 1 is 0.589 bits per heavy atom. The fourth-order valence-electron chi connectivity index (χ4n) is 8.29. The fraction of sp³-hybridized carbons (Fsp3) is 0.617. The predicted molar refractivity (Wildman–Crippen MR) is 282 cm³/mol. The largest absolute Gasteiger partial charge is 0.497 e. The van der Waals surface area contributed by atoms with Gasteiger partial charge in [0, 0.05) is 13.2 Å². The number of benzene rings is 2. The van der Waals surface area contributed by atoms with Crippen molar-refractivity contribution in [2.24, 2.45) is 0 Å². The van der Waals surface area contributed by atoms with E-state index in [1.165, 1.54) is 48.3 Å². The summed E-state index contributed by atoms with van der Waals surface area (Å²) in [5.74, 6) is -1.58. The number of carbonyl (C=O) groups excluding carboxylic acids is 6. The maximum Gasteiger partial charge on any atom is 0.416 e. The number of hydrogen-bond acceptors (Lipinski definition) is 14. The molecule has 4 heterocycles. The monoisotopic (exact) mass is 1170 g/mol. The lowest BCUT2D eigenvalue weighted by molar-refractivity contribution is -0.130. The van der Waals surface area contributed by atoms with Crippen molar-refractivity contribution in [3.63, 3.8) is 0 Å². The summed E-state index contributed by atoms with van der Waals surface area (Å²) in [5.41, 5.74) is 0.224. The average Bonchev–Trinajstić information content (AvgIpc) is 3.74. The number of rotatable bonds is 14. The van der Waals surface area contributed by atoms with Crippen LogP contribution in [0.3, 0.4) is 0 Å². The van der Waals surface area contributed by atoms with Crippen molar-refractivity contribution in [3.05, 3.63) is 47.5 Å². The smallest absolute Gasteiger partial charge is 0.416 e. The van der Waals surface area contributed by atoms with Gasteiger partial charge in [-0.3, -0.25) is 19.2 Å². The molecule has 4 aliphatic rings. The van der Waals surface area contributed by atoms with Gasteiger partial charge in [-0.05, 0) is 79.1 Å². The predicted octanol–water partition coefficient (Wildman–Crippen LogP) is 9.70. The van der Waals surface area contributed by atoms with Crippen LogP contribution in [0.15, 0.2) is 36.4 Å². The Balaban J connectivity index is 1.33. The molecule has 26 heteroatoms. The molecule has 404 valence electrons. The maximum absolute atomic E-state index is 14.6. The molecule has 0 spiro atoms. The molecule has 2 fully saturated rings. The van der Waals surface area contributed by atoms with E-state index in [1.807, 2.05) is 67.7 Å².